The average Bonchev–Trinajstić information content (AvgIpc) is 3.34. The van der Waals surface area contributed by atoms with Crippen LogP contribution in [-0.2, 0) is 6.54 Å². The summed E-state index contributed by atoms with van der Waals surface area (Å²) in [5.74, 6) is -0.195. The van der Waals surface area contributed by atoms with E-state index in [1.165, 1.54) is 22.7 Å². The van der Waals surface area contributed by atoms with Gasteiger partial charge in [0.2, 0.25) is 0 Å². The SMILES string of the molecule is Cc1cc(Cl)cc2sc(N(Cc3ccccn3)C(=O)c3sc4ccccc4c3Cl)nc12. The number of halogens is 2. The van der Waals surface area contributed by atoms with Gasteiger partial charge in [-0.1, -0.05) is 58.8 Å². The summed E-state index contributed by atoms with van der Waals surface area (Å²) < 4.78 is 1.90. The quantitative estimate of drug-likeness (QED) is 0.268. The molecule has 0 saturated heterocycles. The van der Waals surface area contributed by atoms with Crippen molar-refractivity contribution in [1.29, 1.82) is 0 Å². The maximum absolute atomic E-state index is 13.7. The summed E-state index contributed by atoms with van der Waals surface area (Å²) in [6.45, 7) is 2.25. The van der Waals surface area contributed by atoms with Gasteiger partial charge in [0.05, 0.1) is 27.5 Å². The third kappa shape index (κ3) is 3.81. The summed E-state index contributed by atoms with van der Waals surface area (Å²) >= 11 is 15.7. The van der Waals surface area contributed by atoms with E-state index in [9.17, 15) is 4.79 Å². The van der Waals surface area contributed by atoms with Crippen LogP contribution < -0.4 is 4.90 Å². The maximum atomic E-state index is 13.7. The fourth-order valence-corrected chi connectivity index (χ4v) is 6.29. The van der Waals surface area contributed by atoms with Crippen molar-refractivity contribution in [2.75, 3.05) is 4.90 Å². The Morgan fingerprint density at radius 3 is 2.61 bits per heavy atom. The second-order valence-electron chi connectivity index (χ2n) is 7.02. The topological polar surface area (TPSA) is 46.1 Å². The normalized spacial score (nSPS) is 11.3. The highest BCUT2D eigenvalue weighted by molar-refractivity contribution is 7.23. The lowest BCUT2D eigenvalue weighted by Gasteiger charge is -2.19. The lowest BCUT2D eigenvalue weighted by molar-refractivity contribution is 0.0989. The molecule has 8 heteroatoms. The first-order chi connectivity index (χ1) is 15.0. The van der Waals surface area contributed by atoms with Gasteiger partial charge in [0, 0.05) is 21.3 Å². The van der Waals surface area contributed by atoms with E-state index < -0.39 is 0 Å². The molecule has 4 nitrogen and oxygen atoms in total. The molecule has 3 heterocycles. The van der Waals surface area contributed by atoms with E-state index >= 15 is 0 Å². The highest BCUT2D eigenvalue weighted by Crippen LogP contribution is 2.39. The first kappa shape index (κ1) is 20.4. The molecular weight excluding hydrogens is 469 g/mol. The number of aromatic nitrogens is 2. The molecule has 1 amide bonds. The number of pyridine rings is 1. The average molecular weight is 484 g/mol. The fraction of sp³-hybridized carbons (Fsp3) is 0.0870. The number of thiophene rings is 1. The Morgan fingerprint density at radius 1 is 1.03 bits per heavy atom. The molecule has 0 aliphatic carbocycles. The monoisotopic (exact) mass is 483 g/mol. The Balaban J connectivity index is 1.64. The van der Waals surface area contributed by atoms with Crippen molar-refractivity contribution in [3.05, 3.63) is 87.0 Å². The van der Waals surface area contributed by atoms with E-state index in [1.54, 1.807) is 11.1 Å². The molecule has 5 rings (SSSR count). The van der Waals surface area contributed by atoms with Crippen LogP contribution in [0.5, 0.6) is 0 Å². The van der Waals surface area contributed by atoms with Gasteiger partial charge in [-0.25, -0.2) is 4.98 Å². The van der Waals surface area contributed by atoms with E-state index in [0.717, 1.165) is 31.6 Å². The number of rotatable bonds is 4. The van der Waals surface area contributed by atoms with Crippen molar-refractivity contribution in [2.45, 2.75) is 13.5 Å². The number of hydrogen-bond donors (Lipinski definition) is 0. The molecule has 0 radical (unpaired) electrons. The van der Waals surface area contributed by atoms with Gasteiger partial charge in [-0.3, -0.25) is 14.7 Å². The molecule has 0 unspecified atom stereocenters. The van der Waals surface area contributed by atoms with Crippen molar-refractivity contribution in [3.8, 4) is 0 Å². The van der Waals surface area contributed by atoms with Crippen molar-refractivity contribution in [3.63, 3.8) is 0 Å². The van der Waals surface area contributed by atoms with Gasteiger partial charge in [-0.2, -0.15) is 0 Å². The Hall–Kier alpha value is -2.51. The van der Waals surface area contributed by atoms with E-state index in [0.29, 0.717) is 20.1 Å². The minimum absolute atomic E-state index is 0.195. The molecule has 0 aliphatic rings. The molecule has 154 valence electrons. The van der Waals surface area contributed by atoms with Gasteiger partial charge in [0.1, 0.15) is 4.88 Å². The molecule has 0 fully saturated rings. The molecule has 0 aliphatic heterocycles. The van der Waals surface area contributed by atoms with E-state index in [-0.39, 0.29) is 12.5 Å². The van der Waals surface area contributed by atoms with Gasteiger partial charge >= 0.3 is 0 Å². The van der Waals surface area contributed by atoms with Crippen LogP contribution in [-0.4, -0.2) is 15.9 Å². The van der Waals surface area contributed by atoms with E-state index in [1.807, 2.05) is 61.5 Å². The van der Waals surface area contributed by atoms with Crippen LogP contribution in [0.1, 0.15) is 20.9 Å². The molecule has 0 saturated carbocycles. The zero-order valence-electron chi connectivity index (χ0n) is 16.3. The van der Waals surface area contributed by atoms with Crippen molar-refractivity contribution < 1.29 is 4.79 Å². The van der Waals surface area contributed by atoms with Crippen molar-refractivity contribution >= 4 is 77.2 Å². The first-order valence-corrected chi connectivity index (χ1v) is 11.9. The Kier molecular flexibility index (Phi) is 5.40. The summed E-state index contributed by atoms with van der Waals surface area (Å²) in [5.41, 5.74) is 2.57. The number of anilines is 1. The van der Waals surface area contributed by atoms with Crippen LogP contribution in [0.15, 0.2) is 60.8 Å². The standard InChI is InChI=1S/C23H15Cl2N3OS2/c1-13-10-14(24)11-18-20(13)27-23(31-18)28(12-15-6-4-5-9-26-15)22(29)21-19(25)16-7-2-3-8-17(16)30-21/h2-11H,12H2,1H3. The predicted molar refractivity (Wildman–Crippen MR) is 131 cm³/mol. The molecule has 0 atom stereocenters. The number of thiazole rings is 1. The number of carbonyl (C=O) groups excluding carboxylic acids is 1. The highest BCUT2D eigenvalue weighted by Gasteiger charge is 2.27. The highest BCUT2D eigenvalue weighted by atomic mass is 35.5. The largest absolute Gasteiger partial charge is 0.277 e. The van der Waals surface area contributed by atoms with Gasteiger partial charge in [-0.05, 0) is 42.8 Å². The second-order valence-corrected chi connectivity index (χ2v) is 9.90. The van der Waals surface area contributed by atoms with Crippen LogP contribution in [0.2, 0.25) is 10.0 Å². The summed E-state index contributed by atoms with van der Waals surface area (Å²) in [6.07, 6.45) is 1.71. The Morgan fingerprint density at radius 2 is 1.84 bits per heavy atom. The summed E-state index contributed by atoms with van der Waals surface area (Å²) in [4.78, 5) is 25.1. The van der Waals surface area contributed by atoms with Crippen LogP contribution in [0.4, 0.5) is 5.13 Å². The van der Waals surface area contributed by atoms with Crippen LogP contribution in [0.3, 0.4) is 0 Å². The van der Waals surface area contributed by atoms with Gasteiger partial charge < -0.3 is 0 Å². The van der Waals surface area contributed by atoms with Crippen molar-refractivity contribution in [2.24, 2.45) is 0 Å². The van der Waals surface area contributed by atoms with Gasteiger partial charge in [0.15, 0.2) is 5.13 Å². The number of amides is 1. The van der Waals surface area contributed by atoms with Crippen LogP contribution in [0.25, 0.3) is 20.3 Å². The van der Waals surface area contributed by atoms with Crippen LogP contribution >= 0.6 is 45.9 Å². The molecule has 0 N–H and O–H groups in total. The third-order valence-corrected chi connectivity index (χ3v) is 7.80. The van der Waals surface area contributed by atoms with E-state index in [4.69, 9.17) is 28.2 Å². The number of nitrogens with zero attached hydrogens (tertiary/aromatic N) is 3. The van der Waals surface area contributed by atoms with Gasteiger partial charge in [-0.15, -0.1) is 11.3 Å². The predicted octanol–water partition coefficient (Wildman–Crippen LogP) is 7.37. The number of benzene rings is 2. The number of hydrogen-bond acceptors (Lipinski definition) is 5. The summed E-state index contributed by atoms with van der Waals surface area (Å²) in [6, 6.07) is 17.1. The zero-order chi connectivity index (χ0) is 21.5. The first-order valence-electron chi connectivity index (χ1n) is 9.47. The smallest absolute Gasteiger partial charge is 0.272 e. The molecule has 0 spiro atoms. The number of carbonyl (C=O) groups is 1. The fourth-order valence-electron chi connectivity index (χ4n) is 3.41. The molecule has 3 aromatic heterocycles. The minimum atomic E-state index is -0.195. The molecule has 2 aromatic carbocycles. The van der Waals surface area contributed by atoms with Crippen molar-refractivity contribution in [1.82, 2.24) is 9.97 Å². The molecular formula is C23H15Cl2N3OS2. The molecule has 5 aromatic rings. The number of aryl methyl sites for hydroxylation is 1. The molecule has 31 heavy (non-hydrogen) atoms. The summed E-state index contributed by atoms with van der Waals surface area (Å²) in [5, 5.41) is 2.58. The second kappa shape index (κ2) is 8.20. The maximum Gasteiger partial charge on any atom is 0.272 e. The number of fused-ring (bicyclic) bond motifs is 2. The minimum Gasteiger partial charge on any atom is -0.277 e. The Labute approximate surface area is 196 Å². The summed E-state index contributed by atoms with van der Waals surface area (Å²) in [7, 11) is 0. The lowest BCUT2D eigenvalue weighted by atomic mass is 10.2. The van der Waals surface area contributed by atoms with Crippen LogP contribution in [0, 0.1) is 6.92 Å². The molecule has 0 bridgehead atoms. The Bertz CT molecular complexity index is 1430. The van der Waals surface area contributed by atoms with E-state index in [2.05, 4.69) is 4.98 Å². The zero-order valence-corrected chi connectivity index (χ0v) is 19.4. The third-order valence-electron chi connectivity index (χ3n) is 4.89. The van der Waals surface area contributed by atoms with Gasteiger partial charge in [0.25, 0.3) is 5.91 Å². The lowest BCUT2D eigenvalue weighted by Crippen LogP contribution is -2.30.